The van der Waals surface area contributed by atoms with Crippen molar-refractivity contribution in [3.05, 3.63) is 35.9 Å². The van der Waals surface area contributed by atoms with Crippen LogP contribution in [-0.2, 0) is 10.3 Å². The van der Waals surface area contributed by atoms with Gasteiger partial charge in [-0.05, 0) is 25.3 Å². The van der Waals surface area contributed by atoms with E-state index in [2.05, 4.69) is 5.32 Å². The minimum absolute atomic E-state index is 0.0881. The summed E-state index contributed by atoms with van der Waals surface area (Å²) >= 11 is 0. The van der Waals surface area contributed by atoms with Crippen molar-refractivity contribution in [2.75, 3.05) is 6.61 Å². The molecule has 0 heterocycles. The van der Waals surface area contributed by atoms with Crippen molar-refractivity contribution in [1.82, 2.24) is 5.32 Å². The Kier molecular flexibility index (Phi) is 4.45. The van der Waals surface area contributed by atoms with Gasteiger partial charge in [0.1, 0.15) is 0 Å². The first-order valence-corrected chi connectivity index (χ1v) is 7.24. The Hall–Kier alpha value is -1.39. The van der Waals surface area contributed by atoms with E-state index in [-0.39, 0.29) is 18.1 Å². The van der Waals surface area contributed by atoms with Gasteiger partial charge in [0, 0.05) is 12.0 Å². The molecule has 1 unspecified atom stereocenters. The van der Waals surface area contributed by atoms with Crippen molar-refractivity contribution in [3.8, 4) is 0 Å². The molecule has 1 aliphatic rings. The molecule has 1 saturated carbocycles. The maximum Gasteiger partial charge on any atom is 0.222 e. The normalized spacial score (nSPS) is 20.4. The van der Waals surface area contributed by atoms with Crippen LogP contribution in [0.5, 0.6) is 0 Å². The van der Waals surface area contributed by atoms with E-state index in [0.717, 1.165) is 31.2 Å². The Morgan fingerprint density at radius 1 is 1.35 bits per heavy atom. The summed E-state index contributed by atoms with van der Waals surface area (Å²) in [6.45, 7) is 1.69. The first kappa shape index (κ1) is 15.0. The number of aliphatic hydroxyl groups excluding tert-OH is 1. The van der Waals surface area contributed by atoms with Crippen molar-refractivity contribution < 1.29 is 9.90 Å². The second-order valence-corrected chi connectivity index (χ2v) is 6.15. The number of carbonyl (C=O) groups is 1. The smallest absolute Gasteiger partial charge is 0.222 e. The quantitative estimate of drug-likeness (QED) is 0.766. The van der Waals surface area contributed by atoms with Crippen molar-refractivity contribution in [1.29, 1.82) is 0 Å². The number of rotatable bonds is 5. The summed E-state index contributed by atoms with van der Waals surface area (Å²) in [6.07, 6.45) is 4.33. The molecule has 4 heteroatoms. The van der Waals surface area contributed by atoms with Gasteiger partial charge in [0.25, 0.3) is 0 Å². The van der Waals surface area contributed by atoms with Gasteiger partial charge in [-0.1, -0.05) is 43.2 Å². The molecular formula is C16H24N2O2. The van der Waals surface area contributed by atoms with E-state index in [4.69, 9.17) is 5.73 Å². The number of hydrogen-bond donors (Lipinski definition) is 3. The van der Waals surface area contributed by atoms with Crippen LogP contribution in [-0.4, -0.2) is 23.2 Å². The molecule has 4 N–H and O–H groups in total. The molecule has 2 rings (SSSR count). The van der Waals surface area contributed by atoms with E-state index >= 15 is 0 Å². The fourth-order valence-corrected chi connectivity index (χ4v) is 2.94. The maximum absolute atomic E-state index is 12.2. The van der Waals surface area contributed by atoms with Crippen LogP contribution in [0.3, 0.4) is 0 Å². The van der Waals surface area contributed by atoms with Gasteiger partial charge in [-0.2, -0.15) is 0 Å². The monoisotopic (exact) mass is 276 g/mol. The van der Waals surface area contributed by atoms with Gasteiger partial charge in [-0.3, -0.25) is 4.79 Å². The van der Waals surface area contributed by atoms with E-state index in [9.17, 15) is 9.90 Å². The van der Waals surface area contributed by atoms with Gasteiger partial charge >= 0.3 is 0 Å². The average molecular weight is 276 g/mol. The second kappa shape index (κ2) is 5.94. The van der Waals surface area contributed by atoms with E-state index in [1.54, 1.807) is 0 Å². The van der Waals surface area contributed by atoms with Gasteiger partial charge in [-0.25, -0.2) is 0 Å². The third-order valence-corrected chi connectivity index (χ3v) is 4.25. The molecule has 110 valence electrons. The molecule has 20 heavy (non-hydrogen) atoms. The fraction of sp³-hybridized carbons (Fsp3) is 0.562. The predicted molar refractivity (Wildman–Crippen MR) is 79.0 cm³/mol. The zero-order chi connectivity index (χ0) is 14.6. The van der Waals surface area contributed by atoms with Crippen LogP contribution in [0.15, 0.2) is 30.3 Å². The Bertz CT molecular complexity index is 455. The molecule has 0 aliphatic heterocycles. The van der Waals surface area contributed by atoms with Crippen molar-refractivity contribution in [2.24, 2.45) is 5.73 Å². The first-order chi connectivity index (χ1) is 9.47. The maximum atomic E-state index is 12.2. The Morgan fingerprint density at radius 2 is 1.95 bits per heavy atom. The van der Waals surface area contributed by atoms with Crippen LogP contribution < -0.4 is 11.1 Å². The summed E-state index contributed by atoms with van der Waals surface area (Å²) < 4.78 is 0. The lowest BCUT2D eigenvalue weighted by molar-refractivity contribution is -0.124. The van der Waals surface area contributed by atoms with E-state index in [1.807, 2.05) is 37.3 Å². The highest BCUT2D eigenvalue weighted by Crippen LogP contribution is 2.30. The number of benzene rings is 1. The third-order valence-electron chi connectivity index (χ3n) is 4.25. The molecule has 1 amide bonds. The van der Waals surface area contributed by atoms with Crippen molar-refractivity contribution in [3.63, 3.8) is 0 Å². The number of aliphatic hydroxyl groups is 1. The number of nitrogens with two attached hydrogens (primary N) is 1. The highest BCUT2D eigenvalue weighted by molar-refractivity contribution is 5.78. The third kappa shape index (κ3) is 3.38. The molecule has 1 aliphatic carbocycles. The lowest BCUT2D eigenvalue weighted by Crippen LogP contribution is -2.50. The Morgan fingerprint density at radius 3 is 2.50 bits per heavy atom. The second-order valence-electron chi connectivity index (χ2n) is 6.15. The minimum atomic E-state index is -0.757. The number of amides is 1. The molecule has 1 fully saturated rings. The molecule has 0 saturated heterocycles. The van der Waals surface area contributed by atoms with E-state index in [0.29, 0.717) is 6.42 Å². The van der Waals surface area contributed by atoms with Crippen LogP contribution in [0.2, 0.25) is 0 Å². The zero-order valence-corrected chi connectivity index (χ0v) is 12.1. The van der Waals surface area contributed by atoms with Crippen LogP contribution in [0, 0.1) is 0 Å². The average Bonchev–Trinajstić information content (AvgIpc) is 2.85. The summed E-state index contributed by atoms with van der Waals surface area (Å²) in [5, 5.41) is 12.6. The van der Waals surface area contributed by atoms with Crippen LogP contribution >= 0.6 is 0 Å². The predicted octanol–water partition coefficient (Wildman–Crippen LogP) is 1.67. The first-order valence-electron chi connectivity index (χ1n) is 7.24. The molecule has 1 atom stereocenters. The molecule has 1 aromatic carbocycles. The topological polar surface area (TPSA) is 75.3 Å². The largest absolute Gasteiger partial charge is 0.394 e. The lowest BCUT2D eigenvalue weighted by Gasteiger charge is -2.31. The van der Waals surface area contributed by atoms with Crippen molar-refractivity contribution >= 4 is 5.91 Å². The Labute approximate surface area is 120 Å². The highest BCUT2D eigenvalue weighted by atomic mass is 16.3. The van der Waals surface area contributed by atoms with E-state index in [1.165, 1.54) is 0 Å². The Balaban J connectivity index is 2.04. The summed E-state index contributed by atoms with van der Waals surface area (Å²) in [5.74, 6) is -0.0881. The molecule has 0 radical (unpaired) electrons. The standard InChI is InChI=1S/C16H24N2O2/c1-15(12-19,13-7-3-2-4-8-13)18-14(20)11-16(17)9-5-6-10-16/h2-4,7-8,19H,5-6,9-12,17H2,1H3,(H,18,20). The minimum Gasteiger partial charge on any atom is -0.394 e. The number of carbonyl (C=O) groups excluding carboxylic acids is 1. The lowest BCUT2D eigenvalue weighted by atomic mass is 9.90. The molecule has 0 bridgehead atoms. The van der Waals surface area contributed by atoms with Gasteiger partial charge < -0.3 is 16.2 Å². The molecular weight excluding hydrogens is 252 g/mol. The zero-order valence-electron chi connectivity index (χ0n) is 12.1. The highest BCUT2D eigenvalue weighted by Gasteiger charge is 2.34. The van der Waals surface area contributed by atoms with Crippen LogP contribution in [0.25, 0.3) is 0 Å². The van der Waals surface area contributed by atoms with Gasteiger partial charge in [0.15, 0.2) is 0 Å². The number of hydrogen-bond acceptors (Lipinski definition) is 3. The molecule has 0 aromatic heterocycles. The number of nitrogens with one attached hydrogen (secondary N) is 1. The van der Waals surface area contributed by atoms with Gasteiger partial charge in [-0.15, -0.1) is 0 Å². The summed E-state index contributed by atoms with van der Waals surface area (Å²) in [7, 11) is 0. The molecule has 4 nitrogen and oxygen atoms in total. The van der Waals surface area contributed by atoms with Crippen molar-refractivity contribution in [2.45, 2.75) is 50.1 Å². The van der Waals surface area contributed by atoms with E-state index < -0.39 is 5.54 Å². The van der Waals surface area contributed by atoms with Crippen LogP contribution in [0.1, 0.15) is 44.6 Å². The summed E-state index contributed by atoms with van der Waals surface area (Å²) in [5.41, 5.74) is 6.01. The molecule has 0 spiro atoms. The summed E-state index contributed by atoms with van der Waals surface area (Å²) in [6, 6.07) is 9.53. The van der Waals surface area contributed by atoms with Gasteiger partial charge in [0.2, 0.25) is 5.91 Å². The molecule has 1 aromatic rings. The SMILES string of the molecule is CC(CO)(NC(=O)CC1(N)CCCC1)c1ccccc1. The summed E-state index contributed by atoms with van der Waals surface area (Å²) in [4.78, 5) is 12.2. The van der Waals surface area contributed by atoms with Gasteiger partial charge in [0.05, 0.1) is 12.1 Å². The van der Waals surface area contributed by atoms with Crippen LogP contribution in [0.4, 0.5) is 0 Å². The fourth-order valence-electron chi connectivity index (χ4n) is 2.94.